The van der Waals surface area contributed by atoms with Gasteiger partial charge in [-0.1, -0.05) is 24.3 Å². The number of hydrogen-bond donors (Lipinski definition) is 2. The second-order valence-corrected chi connectivity index (χ2v) is 11.5. The first-order chi connectivity index (χ1) is 17.4. The lowest BCUT2D eigenvalue weighted by atomic mass is 9.52. The number of phenols is 1. The lowest BCUT2D eigenvalue weighted by Crippen LogP contribution is -2.71. The number of hydrogen-bond acceptors (Lipinski definition) is 5. The summed E-state index contributed by atoms with van der Waals surface area (Å²) in [6.45, 7) is 3.37. The summed E-state index contributed by atoms with van der Waals surface area (Å²) >= 11 is 0. The molecule has 7 heteroatoms. The fraction of sp³-hybridized carbons (Fsp3) is 0.517. The van der Waals surface area contributed by atoms with E-state index >= 15 is 0 Å². The average molecular weight is 487 g/mol. The minimum Gasteiger partial charge on any atom is -0.508 e. The Labute approximate surface area is 211 Å². The van der Waals surface area contributed by atoms with Gasteiger partial charge in [0, 0.05) is 42.7 Å². The summed E-state index contributed by atoms with van der Waals surface area (Å²) in [7, 11) is 0. The van der Waals surface area contributed by atoms with Gasteiger partial charge in [0.1, 0.15) is 12.3 Å². The third kappa shape index (κ3) is 3.40. The molecule has 3 atom stereocenters. The van der Waals surface area contributed by atoms with E-state index in [0.29, 0.717) is 25.9 Å². The van der Waals surface area contributed by atoms with E-state index in [0.717, 1.165) is 48.3 Å². The fourth-order valence-electron chi connectivity index (χ4n) is 7.45. The normalized spacial score (nSPS) is 30.0. The lowest BCUT2D eigenvalue weighted by molar-refractivity contribution is -0.149. The number of carbonyl (C=O) groups excluding carboxylic acids is 1. The summed E-state index contributed by atoms with van der Waals surface area (Å²) in [6.07, 6.45) is 7.44. The number of fused-ring (bicyclic) bond motifs is 2. The molecule has 1 aromatic heterocycles. The van der Waals surface area contributed by atoms with Crippen molar-refractivity contribution in [2.75, 3.05) is 26.2 Å². The van der Waals surface area contributed by atoms with Gasteiger partial charge >= 0.3 is 0 Å². The Morgan fingerprint density at radius 1 is 1.06 bits per heavy atom. The minimum atomic E-state index is -0.920. The van der Waals surface area contributed by atoms with Gasteiger partial charge < -0.3 is 15.1 Å². The second kappa shape index (κ2) is 8.05. The number of aliphatic hydroxyl groups is 1. The number of rotatable bonds is 4. The zero-order valence-corrected chi connectivity index (χ0v) is 20.6. The van der Waals surface area contributed by atoms with E-state index in [1.165, 1.54) is 18.4 Å². The average Bonchev–Trinajstić information content (AvgIpc) is 3.61. The van der Waals surface area contributed by atoms with Gasteiger partial charge in [-0.05, 0) is 80.3 Å². The zero-order chi connectivity index (χ0) is 24.5. The molecule has 0 spiro atoms. The number of carbonyl (C=O) groups is 1. The summed E-state index contributed by atoms with van der Waals surface area (Å²) in [6, 6.07) is 13.7. The Hall–Kier alpha value is -2.90. The molecule has 1 amide bonds. The van der Waals surface area contributed by atoms with Gasteiger partial charge in [-0.25, -0.2) is 0 Å². The number of aromatic nitrogens is 2. The van der Waals surface area contributed by atoms with Crippen molar-refractivity contribution in [3.05, 3.63) is 59.8 Å². The Kier molecular flexibility index (Phi) is 4.99. The molecule has 2 aromatic carbocycles. The van der Waals surface area contributed by atoms with Crippen LogP contribution in [-0.2, 0) is 23.2 Å². The van der Waals surface area contributed by atoms with E-state index in [2.05, 4.69) is 16.1 Å². The molecule has 0 radical (unpaired) electrons. The number of phenolic OH excluding ortho intramolecular Hbond substituents is 1. The molecule has 3 aromatic rings. The van der Waals surface area contributed by atoms with Crippen LogP contribution in [0, 0.1) is 5.92 Å². The molecule has 188 valence electrons. The third-order valence-corrected chi connectivity index (χ3v) is 9.54. The summed E-state index contributed by atoms with van der Waals surface area (Å²) in [4.78, 5) is 17.9. The van der Waals surface area contributed by atoms with Crippen molar-refractivity contribution in [3.63, 3.8) is 0 Å². The zero-order valence-electron chi connectivity index (χ0n) is 20.6. The van der Waals surface area contributed by atoms with E-state index in [9.17, 15) is 15.0 Å². The number of nitrogens with zero attached hydrogens (tertiary/aromatic N) is 4. The van der Waals surface area contributed by atoms with Gasteiger partial charge in [-0.3, -0.25) is 14.4 Å². The molecule has 1 saturated carbocycles. The Bertz CT molecular complexity index is 1300. The molecule has 2 N–H and O–H groups in total. The SMILES string of the molecule is O=C(Cn1cc2ccccc2n1)N1CCC23CCN(CC4CC4)C(Cc4ccc(O)cc42)C3(O)CC1. The summed E-state index contributed by atoms with van der Waals surface area (Å²) in [5, 5.41) is 28.6. The molecule has 2 aliphatic carbocycles. The molecule has 2 saturated heterocycles. The first-order valence-electron chi connectivity index (χ1n) is 13.4. The lowest BCUT2D eigenvalue weighted by Gasteiger charge is -2.61. The second-order valence-electron chi connectivity index (χ2n) is 11.5. The van der Waals surface area contributed by atoms with Crippen molar-refractivity contribution < 1.29 is 15.0 Å². The highest BCUT2D eigenvalue weighted by Gasteiger charge is 2.63. The maximum Gasteiger partial charge on any atom is 0.244 e. The van der Waals surface area contributed by atoms with E-state index in [-0.39, 0.29) is 24.2 Å². The molecule has 7 nitrogen and oxygen atoms in total. The van der Waals surface area contributed by atoms with Crippen LogP contribution in [-0.4, -0.2) is 73.5 Å². The number of amides is 1. The Morgan fingerprint density at radius 2 is 1.86 bits per heavy atom. The molecule has 3 unspecified atom stereocenters. The maximum atomic E-state index is 13.4. The number of piperidine rings is 1. The number of likely N-dealkylation sites (tertiary alicyclic amines) is 2. The van der Waals surface area contributed by atoms with Crippen LogP contribution in [0.15, 0.2) is 48.7 Å². The summed E-state index contributed by atoms with van der Waals surface area (Å²) in [5.41, 5.74) is 1.86. The van der Waals surface area contributed by atoms with E-state index < -0.39 is 11.0 Å². The van der Waals surface area contributed by atoms with Gasteiger partial charge in [-0.15, -0.1) is 0 Å². The third-order valence-electron chi connectivity index (χ3n) is 9.54. The molecule has 3 heterocycles. The molecule has 2 bridgehead atoms. The van der Waals surface area contributed by atoms with Gasteiger partial charge in [-0.2, -0.15) is 5.10 Å². The van der Waals surface area contributed by atoms with Crippen LogP contribution in [0.5, 0.6) is 5.75 Å². The monoisotopic (exact) mass is 486 g/mol. The Morgan fingerprint density at radius 3 is 2.69 bits per heavy atom. The largest absolute Gasteiger partial charge is 0.508 e. The maximum absolute atomic E-state index is 13.4. The molecule has 3 fully saturated rings. The topological polar surface area (TPSA) is 81.8 Å². The molecule has 7 rings (SSSR count). The van der Waals surface area contributed by atoms with Crippen molar-refractivity contribution in [2.24, 2.45) is 5.92 Å². The fourth-order valence-corrected chi connectivity index (χ4v) is 7.45. The van der Waals surface area contributed by atoms with Gasteiger partial charge in [0.25, 0.3) is 0 Å². The van der Waals surface area contributed by atoms with Crippen LogP contribution in [0.3, 0.4) is 0 Å². The standard InChI is InChI=1S/C29H34N4O3/c34-23-8-7-21-15-26-29(36)11-14-31(27(35)19-33-18-22-3-1-2-4-25(22)30-33)12-9-28(29,24(21)16-23)10-13-32(26)17-20-5-6-20/h1-4,7-8,16,18,20,26,34,36H,5-6,9-15,17,19H2. The number of benzene rings is 2. The van der Waals surface area contributed by atoms with E-state index in [4.69, 9.17) is 0 Å². The van der Waals surface area contributed by atoms with Crippen molar-refractivity contribution in [2.45, 2.75) is 62.1 Å². The smallest absolute Gasteiger partial charge is 0.244 e. The van der Waals surface area contributed by atoms with Crippen molar-refractivity contribution >= 4 is 16.8 Å². The summed E-state index contributed by atoms with van der Waals surface area (Å²) < 4.78 is 1.74. The molecular formula is C29H34N4O3. The first kappa shape index (κ1) is 22.3. The van der Waals surface area contributed by atoms with Crippen LogP contribution < -0.4 is 0 Å². The molecule has 36 heavy (non-hydrogen) atoms. The molecule has 4 aliphatic rings. The van der Waals surface area contributed by atoms with Crippen molar-refractivity contribution in [1.29, 1.82) is 0 Å². The predicted octanol–water partition coefficient (Wildman–Crippen LogP) is 3.07. The van der Waals surface area contributed by atoms with Crippen molar-refractivity contribution in [3.8, 4) is 5.75 Å². The van der Waals surface area contributed by atoms with Crippen LogP contribution in [0.25, 0.3) is 10.9 Å². The Balaban J connectivity index is 1.20. The predicted molar refractivity (Wildman–Crippen MR) is 137 cm³/mol. The van der Waals surface area contributed by atoms with Gasteiger partial charge in [0.15, 0.2) is 0 Å². The van der Waals surface area contributed by atoms with E-state index in [1.807, 2.05) is 41.4 Å². The van der Waals surface area contributed by atoms with Crippen LogP contribution >= 0.6 is 0 Å². The quantitative estimate of drug-likeness (QED) is 0.592. The van der Waals surface area contributed by atoms with Gasteiger partial charge in [0.05, 0.1) is 11.1 Å². The van der Waals surface area contributed by atoms with E-state index in [1.54, 1.807) is 10.7 Å². The summed E-state index contributed by atoms with van der Waals surface area (Å²) in [5.74, 6) is 1.06. The molecule has 2 aliphatic heterocycles. The minimum absolute atomic E-state index is 0.0435. The number of aromatic hydroxyl groups is 1. The van der Waals surface area contributed by atoms with Crippen LogP contribution in [0.2, 0.25) is 0 Å². The van der Waals surface area contributed by atoms with Crippen molar-refractivity contribution in [1.82, 2.24) is 19.6 Å². The molecular weight excluding hydrogens is 452 g/mol. The highest BCUT2D eigenvalue weighted by molar-refractivity contribution is 5.80. The van der Waals surface area contributed by atoms with Crippen LogP contribution in [0.4, 0.5) is 0 Å². The highest BCUT2D eigenvalue weighted by Crippen LogP contribution is 2.56. The highest BCUT2D eigenvalue weighted by atomic mass is 16.3. The van der Waals surface area contributed by atoms with Gasteiger partial charge in [0.2, 0.25) is 5.91 Å². The first-order valence-corrected chi connectivity index (χ1v) is 13.4. The van der Waals surface area contributed by atoms with Crippen LogP contribution in [0.1, 0.15) is 43.2 Å².